The van der Waals surface area contributed by atoms with Crippen LogP contribution in [0.1, 0.15) is 13.8 Å². The van der Waals surface area contributed by atoms with Crippen molar-refractivity contribution in [1.29, 1.82) is 0 Å². The first kappa shape index (κ1) is 15.1. The number of rotatable bonds is 3. The fourth-order valence-electron chi connectivity index (χ4n) is 3.06. The van der Waals surface area contributed by atoms with Crippen LogP contribution in [-0.2, 0) is 18.0 Å². The molecule has 2 aromatic heterocycles. The van der Waals surface area contributed by atoms with Gasteiger partial charge in [0.1, 0.15) is 24.5 Å². The molecule has 0 radical (unpaired) electrons. The molecule has 8 heteroatoms. The number of pyridine rings is 1. The Kier molecular flexibility index (Phi) is 3.33. The van der Waals surface area contributed by atoms with E-state index >= 15 is 0 Å². The van der Waals surface area contributed by atoms with E-state index in [4.69, 9.17) is 15.2 Å². The normalized spacial score (nSPS) is 20.3. The maximum Gasteiger partial charge on any atom is 0.291 e. The minimum atomic E-state index is -1.06. The first-order valence-electron chi connectivity index (χ1n) is 7.92. The Morgan fingerprint density at radius 1 is 1.50 bits per heavy atom. The zero-order valence-electron chi connectivity index (χ0n) is 13.7. The second kappa shape index (κ2) is 5.29. The van der Waals surface area contributed by atoms with Gasteiger partial charge in [0.25, 0.3) is 5.52 Å². The van der Waals surface area contributed by atoms with Gasteiger partial charge in [-0.15, -0.1) is 4.68 Å². The van der Waals surface area contributed by atoms with E-state index in [9.17, 15) is 5.11 Å². The molecule has 1 aromatic carbocycles. The maximum absolute atomic E-state index is 10.7. The monoisotopic (exact) mass is 330 g/mol. The van der Waals surface area contributed by atoms with Crippen molar-refractivity contribution in [3.8, 4) is 5.75 Å². The minimum Gasteiger partial charge on any atom is -0.490 e. The Morgan fingerprint density at radius 3 is 3.12 bits per heavy atom. The fourth-order valence-corrected chi connectivity index (χ4v) is 3.06. The molecule has 0 unspecified atom stereocenters. The quantitative estimate of drug-likeness (QED) is 0.682. The molecule has 3 aromatic rings. The highest BCUT2D eigenvalue weighted by Crippen LogP contribution is 2.33. The third-order valence-corrected chi connectivity index (χ3v) is 4.14. The summed E-state index contributed by atoms with van der Waals surface area (Å²) in [6.07, 6.45) is 0. The summed E-state index contributed by atoms with van der Waals surface area (Å²) in [5.41, 5.74) is 7.18. The van der Waals surface area contributed by atoms with Crippen LogP contribution in [0.4, 0.5) is 5.82 Å². The van der Waals surface area contributed by atoms with Crippen molar-refractivity contribution < 1.29 is 19.3 Å². The molecule has 0 aliphatic carbocycles. The summed E-state index contributed by atoms with van der Waals surface area (Å²) in [6, 6.07) is 5.62. The third-order valence-electron chi connectivity index (χ3n) is 4.14. The Morgan fingerprint density at radius 2 is 2.33 bits per heavy atom. The number of hydrogen-bond donors (Lipinski definition) is 2. The van der Waals surface area contributed by atoms with E-state index in [0.29, 0.717) is 30.2 Å². The summed E-state index contributed by atoms with van der Waals surface area (Å²) in [5.74, 6) is 1.01. The predicted molar refractivity (Wildman–Crippen MR) is 87.4 cm³/mol. The summed E-state index contributed by atoms with van der Waals surface area (Å²) in [4.78, 5) is 6.13. The van der Waals surface area contributed by atoms with Crippen LogP contribution in [-0.4, -0.2) is 38.8 Å². The van der Waals surface area contributed by atoms with E-state index in [0.717, 1.165) is 16.4 Å². The lowest BCUT2D eigenvalue weighted by molar-refractivity contribution is -0.772. The van der Waals surface area contributed by atoms with E-state index in [-0.39, 0.29) is 13.3 Å². The standard InChI is InChI=1S/C16H19N5O3/c1-3-23-9-21-19-13-14-12-10(18-15(13)17)5-4-6-11(12)24-8-16(2,22)7-20(14)21/h4-6,17,22H,3,7-9H2,1-2H3/p+1/t16-/m1/s1. The zero-order valence-corrected chi connectivity index (χ0v) is 13.7. The predicted octanol–water partition coefficient (Wildman–Crippen LogP) is 0.592. The highest BCUT2D eigenvalue weighted by molar-refractivity contribution is 6.07. The van der Waals surface area contributed by atoms with Gasteiger partial charge in [-0.25, -0.2) is 4.98 Å². The van der Waals surface area contributed by atoms with Gasteiger partial charge in [0.05, 0.1) is 16.0 Å². The number of aromatic nitrogens is 4. The topological polar surface area (TPSA) is 99.3 Å². The average Bonchev–Trinajstić information content (AvgIpc) is 2.88. The molecular formula is C16H20N5O3+. The molecule has 1 atom stereocenters. The number of nitrogens with two attached hydrogens (primary N) is 1. The Hall–Kier alpha value is -2.45. The minimum absolute atomic E-state index is 0.171. The lowest BCUT2D eigenvalue weighted by atomic mass is 10.1. The van der Waals surface area contributed by atoms with Crippen LogP contribution in [0.15, 0.2) is 18.2 Å². The van der Waals surface area contributed by atoms with Crippen molar-refractivity contribution >= 4 is 27.8 Å². The molecule has 0 saturated carbocycles. The number of ether oxygens (including phenoxy) is 2. The van der Waals surface area contributed by atoms with Crippen molar-refractivity contribution in [3.05, 3.63) is 18.2 Å². The van der Waals surface area contributed by atoms with Gasteiger partial charge < -0.3 is 20.3 Å². The number of aliphatic hydroxyl groups is 1. The number of anilines is 1. The largest absolute Gasteiger partial charge is 0.490 e. The van der Waals surface area contributed by atoms with E-state index in [1.54, 1.807) is 11.7 Å². The van der Waals surface area contributed by atoms with Crippen molar-refractivity contribution in [2.75, 3.05) is 18.9 Å². The first-order chi connectivity index (χ1) is 11.5. The van der Waals surface area contributed by atoms with Gasteiger partial charge in [-0.05, 0) is 30.8 Å². The molecule has 1 aliphatic rings. The van der Waals surface area contributed by atoms with E-state index < -0.39 is 5.60 Å². The SMILES string of the molecule is CCOCn1nc2c(N)nc3cccc4c3c2[n+]1C[C@@](C)(O)CO4. The van der Waals surface area contributed by atoms with Crippen molar-refractivity contribution in [3.63, 3.8) is 0 Å². The number of hydrogen-bond acceptors (Lipinski definition) is 6. The molecule has 0 spiro atoms. The zero-order chi connectivity index (χ0) is 16.9. The van der Waals surface area contributed by atoms with Crippen LogP contribution in [0.25, 0.3) is 21.9 Å². The summed E-state index contributed by atoms with van der Waals surface area (Å²) < 4.78 is 13.3. The molecule has 3 N–H and O–H groups in total. The molecule has 0 fully saturated rings. The highest BCUT2D eigenvalue weighted by atomic mass is 16.5. The molecular weight excluding hydrogens is 310 g/mol. The number of nitrogens with zero attached hydrogens (tertiary/aromatic N) is 4. The van der Waals surface area contributed by atoms with Gasteiger partial charge in [-0.1, -0.05) is 6.07 Å². The second-order valence-corrected chi connectivity index (χ2v) is 6.28. The lowest BCUT2D eigenvalue weighted by Crippen LogP contribution is -2.55. The van der Waals surface area contributed by atoms with Gasteiger partial charge in [0, 0.05) is 6.61 Å². The Bertz CT molecular complexity index is 934. The van der Waals surface area contributed by atoms with Crippen LogP contribution in [0.2, 0.25) is 0 Å². The highest BCUT2D eigenvalue weighted by Gasteiger charge is 2.35. The number of nitrogen functional groups attached to an aromatic ring is 1. The third kappa shape index (κ3) is 2.26. The van der Waals surface area contributed by atoms with Crippen LogP contribution in [0.5, 0.6) is 5.75 Å². The second-order valence-electron chi connectivity index (χ2n) is 6.28. The maximum atomic E-state index is 10.7. The van der Waals surface area contributed by atoms with Gasteiger partial charge in [-0.3, -0.25) is 0 Å². The van der Waals surface area contributed by atoms with Gasteiger partial charge in [0.2, 0.25) is 5.52 Å². The Balaban J connectivity index is 2.11. The van der Waals surface area contributed by atoms with E-state index in [2.05, 4.69) is 10.1 Å². The molecule has 0 bridgehead atoms. The summed E-state index contributed by atoms with van der Waals surface area (Å²) in [5, 5.41) is 16.1. The molecule has 3 heterocycles. The van der Waals surface area contributed by atoms with Gasteiger partial charge in [-0.2, -0.15) is 0 Å². The average molecular weight is 330 g/mol. The van der Waals surface area contributed by atoms with Crippen LogP contribution >= 0.6 is 0 Å². The summed E-state index contributed by atoms with van der Waals surface area (Å²) in [6.45, 7) is 4.97. The number of benzene rings is 1. The molecule has 0 saturated heterocycles. The molecule has 8 nitrogen and oxygen atoms in total. The molecule has 126 valence electrons. The molecule has 4 rings (SSSR count). The van der Waals surface area contributed by atoms with E-state index in [1.165, 1.54) is 0 Å². The van der Waals surface area contributed by atoms with Crippen molar-refractivity contribution in [2.45, 2.75) is 32.7 Å². The molecule has 0 amide bonds. The van der Waals surface area contributed by atoms with Crippen LogP contribution in [0.3, 0.4) is 0 Å². The van der Waals surface area contributed by atoms with Crippen molar-refractivity contribution in [1.82, 2.24) is 14.9 Å². The van der Waals surface area contributed by atoms with Crippen LogP contribution in [0, 0.1) is 0 Å². The molecule has 24 heavy (non-hydrogen) atoms. The fraction of sp³-hybridized carbons (Fsp3) is 0.438. The summed E-state index contributed by atoms with van der Waals surface area (Å²) in [7, 11) is 0. The first-order valence-corrected chi connectivity index (χ1v) is 7.92. The van der Waals surface area contributed by atoms with E-state index in [1.807, 2.05) is 29.8 Å². The molecule has 1 aliphatic heterocycles. The lowest BCUT2D eigenvalue weighted by Gasteiger charge is -2.24. The van der Waals surface area contributed by atoms with Gasteiger partial charge >= 0.3 is 0 Å². The van der Waals surface area contributed by atoms with Gasteiger partial charge in [0.15, 0.2) is 12.5 Å². The van der Waals surface area contributed by atoms with Crippen molar-refractivity contribution in [2.24, 2.45) is 0 Å². The van der Waals surface area contributed by atoms with Crippen LogP contribution < -0.4 is 15.2 Å². The Labute approximate surface area is 138 Å². The smallest absolute Gasteiger partial charge is 0.291 e. The summed E-state index contributed by atoms with van der Waals surface area (Å²) >= 11 is 0.